The summed E-state index contributed by atoms with van der Waals surface area (Å²) >= 11 is 1.50. The van der Waals surface area contributed by atoms with Gasteiger partial charge >= 0.3 is 11.9 Å². The summed E-state index contributed by atoms with van der Waals surface area (Å²) in [5.41, 5.74) is 0.971. The molecule has 9 heteroatoms. The highest BCUT2D eigenvalue weighted by atomic mass is 32.1. The van der Waals surface area contributed by atoms with Gasteiger partial charge in [0.2, 0.25) is 5.41 Å². The number of nitrogens with one attached hydrogen (secondary N) is 1. The Hall–Kier alpha value is -4.11. The molecule has 4 rings (SSSR count). The smallest absolute Gasteiger partial charge is 0.329 e. The highest BCUT2D eigenvalue weighted by Gasteiger charge is 2.59. The molecule has 0 radical (unpaired) electrons. The molecule has 8 nitrogen and oxygen atoms in total. The molecule has 0 aliphatic heterocycles. The number of methoxy groups -OCH3 is 4. The Morgan fingerprint density at radius 3 is 1.94 bits per heavy atom. The minimum atomic E-state index is -1.79. The lowest BCUT2D eigenvalue weighted by Gasteiger charge is -2.25. The molecular weight excluding hydrogens is 480 g/mol. The lowest BCUT2D eigenvalue weighted by Crippen LogP contribution is -2.46. The van der Waals surface area contributed by atoms with Gasteiger partial charge in [0.25, 0.3) is 0 Å². The largest absolute Gasteiger partial charge is 0.497 e. The van der Waals surface area contributed by atoms with Crippen molar-refractivity contribution in [2.75, 3.05) is 33.8 Å². The number of thiophene rings is 1. The van der Waals surface area contributed by atoms with E-state index in [-0.39, 0.29) is 12.1 Å². The van der Waals surface area contributed by atoms with Crippen molar-refractivity contribution in [1.82, 2.24) is 0 Å². The summed E-state index contributed by atoms with van der Waals surface area (Å²) in [7, 11) is 5.66. The number of nitrogens with zero attached hydrogens (tertiary/aromatic N) is 1. The molecule has 0 spiro atoms. The molecule has 186 valence electrons. The van der Waals surface area contributed by atoms with Crippen LogP contribution in [0.5, 0.6) is 11.5 Å². The standard InChI is InChI=1S/C27H26N2O6S/c1-32-19-11-7-17(8-12-19)28-23-21(22-6-5-15-36-22)16-27(25(30)34-3,26(31)35-4)24(23)29-18-9-13-20(33-2)14-10-18/h5-15,28H,16H2,1-4H3. The molecule has 3 aromatic rings. The third kappa shape index (κ3) is 4.57. The first kappa shape index (κ1) is 25.0. The number of hydrogen-bond donors (Lipinski definition) is 1. The van der Waals surface area contributed by atoms with Gasteiger partial charge in [0, 0.05) is 17.0 Å². The van der Waals surface area contributed by atoms with Gasteiger partial charge in [-0.3, -0.25) is 9.59 Å². The van der Waals surface area contributed by atoms with Crippen molar-refractivity contribution in [3.63, 3.8) is 0 Å². The molecule has 0 saturated carbocycles. The van der Waals surface area contributed by atoms with E-state index < -0.39 is 17.4 Å². The van der Waals surface area contributed by atoms with E-state index in [1.165, 1.54) is 25.6 Å². The van der Waals surface area contributed by atoms with Gasteiger partial charge in [-0.25, -0.2) is 4.99 Å². The Kier molecular flexibility index (Phi) is 7.40. The van der Waals surface area contributed by atoms with Crippen molar-refractivity contribution in [1.29, 1.82) is 0 Å². The Balaban J connectivity index is 1.95. The minimum absolute atomic E-state index is 0.0281. The lowest BCUT2D eigenvalue weighted by atomic mass is 9.82. The zero-order chi connectivity index (χ0) is 25.7. The van der Waals surface area contributed by atoms with Crippen LogP contribution in [0.15, 0.2) is 76.7 Å². The third-order valence-corrected chi connectivity index (χ3v) is 6.87. The van der Waals surface area contributed by atoms with Crippen LogP contribution in [0, 0.1) is 5.41 Å². The average Bonchev–Trinajstić information content (AvgIpc) is 3.56. The molecular formula is C27H26N2O6S. The van der Waals surface area contributed by atoms with Crippen molar-refractivity contribution in [3.05, 3.63) is 76.6 Å². The number of ether oxygens (including phenoxy) is 4. The Morgan fingerprint density at radius 1 is 0.861 bits per heavy atom. The summed E-state index contributed by atoms with van der Waals surface area (Å²) in [6.45, 7) is 0. The molecule has 2 aromatic carbocycles. The lowest BCUT2D eigenvalue weighted by molar-refractivity contribution is -0.162. The predicted octanol–water partition coefficient (Wildman–Crippen LogP) is 5.10. The van der Waals surface area contributed by atoms with Gasteiger partial charge in [-0.15, -0.1) is 11.3 Å². The zero-order valence-corrected chi connectivity index (χ0v) is 21.2. The monoisotopic (exact) mass is 506 g/mol. The van der Waals surface area contributed by atoms with Crippen LogP contribution in [0.2, 0.25) is 0 Å². The summed E-state index contributed by atoms with van der Waals surface area (Å²) < 4.78 is 20.8. The normalized spacial score (nSPS) is 15.5. The first-order valence-electron chi connectivity index (χ1n) is 11.0. The molecule has 0 amide bonds. The van der Waals surface area contributed by atoms with E-state index in [0.29, 0.717) is 22.9 Å². The number of carbonyl (C=O) groups is 2. The minimum Gasteiger partial charge on any atom is -0.497 e. The van der Waals surface area contributed by atoms with E-state index >= 15 is 0 Å². The summed E-state index contributed by atoms with van der Waals surface area (Å²) in [4.78, 5) is 32.4. The highest BCUT2D eigenvalue weighted by molar-refractivity contribution is 7.11. The maximum Gasteiger partial charge on any atom is 0.329 e. The summed E-state index contributed by atoms with van der Waals surface area (Å²) in [5, 5.41) is 5.33. The number of hydrogen-bond acceptors (Lipinski definition) is 9. The van der Waals surface area contributed by atoms with Crippen LogP contribution < -0.4 is 14.8 Å². The van der Waals surface area contributed by atoms with Crippen LogP contribution in [0.1, 0.15) is 11.3 Å². The predicted molar refractivity (Wildman–Crippen MR) is 139 cm³/mol. The van der Waals surface area contributed by atoms with Crippen LogP contribution in [0.4, 0.5) is 11.4 Å². The van der Waals surface area contributed by atoms with Crippen LogP contribution >= 0.6 is 11.3 Å². The molecule has 36 heavy (non-hydrogen) atoms. The Labute approximate surface area is 213 Å². The maximum atomic E-state index is 13.3. The molecule has 0 saturated heterocycles. The van der Waals surface area contributed by atoms with Crippen molar-refractivity contribution in [2.24, 2.45) is 10.4 Å². The quantitative estimate of drug-likeness (QED) is 0.336. The van der Waals surface area contributed by atoms with Crippen molar-refractivity contribution >= 4 is 45.9 Å². The summed E-state index contributed by atoms with van der Waals surface area (Å²) in [5.74, 6) is -0.140. The van der Waals surface area contributed by atoms with Crippen LogP contribution in [-0.4, -0.2) is 46.1 Å². The molecule has 1 N–H and O–H groups in total. The van der Waals surface area contributed by atoms with E-state index in [0.717, 1.165) is 16.1 Å². The number of rotatable bonds is 8. The SMILES string of the molecule is COC(=O)C1(C(=O)OC)CC(c2cccs2)=C(Nc2ccc(OC)cc2)C1=Nc1ccc(OC)cc1. The first-order chi connectivity index (χ1) is 17.5. The molecule has 0 bridgehead atoms. The van der Waals surface area contributed by atoms with Gasteiger partial charge in [0.05, 0.1) is 45.5 Å². The van der Waals surface area contributed by atoms with E-state index in [9.17, 15) is 9.59 Å². The third-order valence-electron chi connectivity index (χ3n) is 5.94. The van der Waals surface area contributed by atoms with Crippen LogP contribution in [0.3, 0.4) is 0 Å². The van der Waals surface area contributed by atoms with E-state index in [4.69, 9.17) is 23.9 Å². The number of aliphatic imine (C=N–C) groups is 1. The molecule has 1 heterocycles. The maximum absolute atomic E-state index is 13.3. The fourth-order valence-corrected chi connectivity index (χ4v) is 4.89. The van der Waals surface area contributed by atoms with Gasteiger partial charge in [-0.2, -0.15) is 0 Å². The van der Waals surface area contributed by atoms with Crippen molar-refractivity contribution in [2.45, 2.75) is 6.42 Å². The Bertz CT molecular complexity index is 1280. The summed E-state index contributed by atoms with van der Waals surface area (Å²) in [6, 6.07) is 18.2. The fraction of sp³-hybridized carbons (Fsp3) is 0.222. The number of anilines is 1. The second kappa shape index (κ2) is 10.7. The van der Waals surface area contributed by atoms with Gasteiger partial charge in [-0.1, -0.05) is 6.07 Å². The highest BCUT2D eigenvalue weighted by Crippen LogP contribution is 2.48. The zero-order valence-electron chi connectivity index (χ0n) is 20.4. The molecule has 1 aliphatic rings. The van der Waals surface area contributed by atoms with Gasteiger partial charge in [0.1, 0.15) is 11.5 Å². The van der Waals surface area contributed by atoms with E-state index in [1.807, 2.05) is 41.8 Å². The number of carbonyl (C=O) groups excluding carboxylic acids is 2. The molecule has 0 unspecified atom stereocenters. The summed E-state index contributed by atoms with van der Waals surface area (Å²) in [6.07, 6.45) is 0.0281. The average molecular weight is 507 g/mol. The van der Waals surface area contributed by atoms with Crippen LogP contribution in [0.25, 0.3) is 5.57 Å². The second-order valence-electron chi connectivity index (χ2n) is 7.91. The van der Waals surface area contributed by atoms with Gasteiger partial charge < -0.3 is 24.3 Å². The molecule has 1 aliphatic carbocycles. The topological polar surface area (TPSA) is 95.5 Å². The van der Waals surface area contributed by atoms with E-state index in [2.05, 4.69) is 5.32 Å². The van der Waals surface area contributed by atoms with Gasteiger partial charge in [-0.05, 0) is 65.6 Å². The second-order valence-corrected chi connectivity index (χ2v) is 8.86. The fourth-order valence-electron chi connectivity index (χ4n) is 4.11. The molecule has 0 fully saturated rings. The first-order valence-corrected chi connectivity index (χ1v) is 11.9. The van der Waals surface area contributed by atoms with Crippen LogP contribution in [-0.2, 0) is 19.1 Å². The molecule has 0 atom stereocenters. The molecule has 1 aromatic heterocycles. The van der Waals surface area contributed by atoms with Crippen molar-refractivity contribution < 1.29 is 28.5 Å². The Morgan fingerprint density at radius 2 is 1.44 bits per heavy atom. The number of esters is 2. The van der Waals surface area contributed by atoms with Gasteiger partial charge in [0.15, 0.2) is 0 Å². The van der Waals surface area contributed by atoms with Crippen molar-refractivity contribution in [3.8, 4) is 11.5 Å². The number of allylic oxidation sites excluding steroid dienone is 2. The van der Waals surface area contributed by atoms with E-state index in [1.54, 1.807) is 38.5 Å². The number of benzene rings is 2.